The SMILES string of the molecule is O=C(Cc1cc(O)ccc1OCc1ccccc1)NC1CCCC1. The lowest BCUT2D eigenvalue weighted by Gasteiger charge is -2.15. The van der Waals surface area contributed by atoms with Crippen LogP contribution in [-0.2, 0) is 17.8 Å². The first-order valence-corrected chi connectivity index (χ1v) is 8.49. The van der Waals surface area contributed by atoms with Gasteiger partial charge < -0.3 is 15.2 Å². The molecule has 0 aromatic heterocycles. The highest BCUT2D eigenvalue weighted by atomic mass is 16.5. The summed E-state index contributed by atoms with van der Waals surface area (Å²) in [5.74, 6) is 0.765. The molecule has 0 spiro atoms. The summed E-state index contributed by atoms with van der Waals surface area (Å²) in [4.78, 5) is 12.3. The summed E-state index contributed by atoms with van der Waals surface area (Å²) in [7, 11) is 0. The number of benzene rings is 2. The van der Waals surface area contributed by atoms with Crippen LogP contribution >= 0.6 is 0 Å². The number of rotatable bonds is 6. The Labute approximate surface area is 142 Å². The Morgan fingerprint density at radius 2 is 1.88 bits per heavy atom. The number of phenolic OH excluding ortho intramolecular Hbond substituents is 1. The molecular weight excluding hydrogens is 302 g/mol. The minimum atomic E-state index is -0.0166. The lowest BCUT2D eigenvalue weighted by atomic mass is 10.1. The van der Waals surface area contributed by atoms with E-state index >= 15 is 0 Å². The summed E-state index contributed by atoms with van der Waals surface area (Å²) >= 11 is 0. The minimum absolute atomic E-state index is 0.0166. The van der Waals surface area contributed by atoms with Gasteiger partial charge in [-0.05, 0) is 36.6 Å². The molecule has 0 radical (unpaired) electrons. The number of nitrogens with one attached hydrogen (secondary N) is 1. The first kappa shape index (κ1) is 16.4. The number of amides is 1. The fourth-order valence-corrected chi connectivity index (χ4v) is 3.10. The minimum Gasteiger partial charge on any atom is -0.508 e. The van der Waals surface area contributed by atoms with E-state index in [0.29, 0.717) is 24.0 Å². The van der Waals surface area contributed by atoms with Gasteiger partial charge >= 0.3 is 0 Å². The normalized spacial score (nSPS) is 14.5. The summed E-state index contributed by atoms with van der Waals surface area (Å²) in [5, 5.41) is 12.8. The summed E-state index contributed by atoms with van der Waals surface area (Å²) in [6, 6.07) is 15.1. The van der Waals surface area contributed by atoms with Gasteiger partial charge in [0.25, 0.3) is 0 Å². The Hall–Kier alpha value is -2.49. The van der Waals surface area contributed by atoms with E-state index < -0.39 is 0 Å². The molecule has 1 saturated carbocycles. The number of phenols is 1. The van der Waals surface area contributed by atoms with Crippen LogP contribution in [0.5, 0.6) is 11.5 Å². The van der Waals surface area contributed by atoms with Crippen molar-refractivity contribution in [1.82, 2.24) is 5.32 Å². The molecule has 0 unspecified atom stereocenters. The summed E-state index contributed by atoms with van der Waals surface area (Å²) in [6.07, 6.45) is 4.70. The zero-order valence-electron chi connectivity index (χ0n) is 13.7. The van der Waals surface area contributed by atoms with E-state index in [1.807, 2.05) is 30.3 Å². The predicted octanol–water partition coefficient (Wildman–Crippen LogP) is 3.57. The number of carbonyl (C=O) groups is 1. The molecule has 0 atom stereocenters. The van der Waals surface area contributed by atoms with Crippen LogP contribution in [0.2, 0.25) is 0 Å². The highest BCUT2D eigenvalue weighted by Crippen LogP contribution is 2.25. The maximum Gasteiger partial charge on any atom is 0.224 e. The molecule has 0 bridgehead atoms. The standard InChI is InChI=1S/C20H23NO3/c22-18-10-11-19(24-14-15-6-2-1-3-7-15)16(12-18)13-20(23)21-17-8-4-5-9-17/h1-3,6-7,10-12,17,22H,4-5,8-9,13-14H2,(H,21,23). The monoisotopic (exact) mass is 325 g/mol. The first-order valence-electron chi connectivity index (χ1n) is 8.49. The average Bonchev–Trinajstić information content (AvgIpc) is 3.08. The lowest BCUT2D eigenvalue weighted by Crippen LogP contribution is -2.33. The summed E-state index contributed by atoms with van der Waals surface area (Å²) in [6.45, 7) is 0.433. The van der Waals surface area contributed by atoms with Crippen molar-refractivity contribution in [2.75, 3.05) is 0 Å². The highest BCUT2D eigenvalue weighted by molar-refractivity contribution is 5.79. The highest BCUT2D eigenvalue weighted by Gasteiger charge is 2.18. The molecule has 1 aliphatic carbocycles. The van der Waals surface area contributed by atoms with Gasteiger partial charge in [-0.3, -0.25) is 4.79 Å². The Bertz CT molecular complexity index is 679. The van der Waals surface area contributed by atoms with Crippen molar-refractivity contribution >= 4 is 5.91 Å². The molecule has 0 aliphatic heterocycles. The van der Waals surface area contributed by atoms with E-state index in [-0.39, 0.29) is 18.1 Å². The van der Waals surface area contributed by atoms with Crippen molar-refractivity contribution in [3.8, 4) is 11.5 Å². The van der Waals surface area contributed by atoms with Crippen LogP contribution in [0, 0.1) is 0 Å². The Morgan fingerprint density at radius 1 is 1.12 bits per heavy atom. The van der Waals surface area contributed by atoms with Gasteiger partial charge in [0.2, 0.25) is 5.91 Å². The van der Waals surface area contributed by atoms with E-state index in [1.54, 1.807) is 18.2 Å². The Kier molecular flexibility index (Phi) is 5.36. The second-order valence-corrected chi connectivity index (χ2v) is 6.29. The third kappa shape index (κ3) is 4.51. The van der Waals surface area contributed by atoms with Gasteiger partial charge in [0.15, 0.2) is 0 Å². The maximum absolute atomic E-state index is 12.3. The van der Waals surface area contributed by atoms with Crippen molar-refractivity contribution in [1.29, 1.82) is 0 Å². The van der Waals surface area contributed by atoms with Crippen molar-refractivity contribution in [2.45, 2.75) is 44.8 Å². The third-order valence-electron chi connectivity index (χ3n) is 4.35. The molecule has 2 aromatic carbocycles. The van der Waals surface area contributed by atoms with Crippen LogP contribution in [0.4, 0.5) is 0 Å². The molecule has 0 heterocycles. The molecule has 0 saturated heterocycles. The number of hydrogen-bond donors (Lipinski definition) is 2. The second-order valence-electron chi connectivity index (χ2n) is 6.29. The van der Waals surface area contributed by atoms with Crippen molar-refractivity contribution in [3.63, 3.8) is 0 Å². The number of aromatic hydroxyl groups is 1. The smallest absolute Gasteiger partial charge is 0.224 e. The van der Waals surface area contributed by atoms with E-state index in [4.69, 9.17) is 4.74 Å². The van der Waals surface area contributed by atoms with Gasteiger partial charge in [-0.25, -0.2) is 0 Å². The van der Waals surface area contributed by atoms with Crippen molar-refractivity contribution in [2.24, 2.45) is 0 Å². The molecule has 24 heavy (non-hydrogen) atoms. The largest absolute Gasteiger partial charge is 0.508 e. The molecule has 1 amide bonds. The van der Waals surface area contributed by atoms with Gasteiger partial charge in [0, 0.05) is 11.6 Å². The van der Waals surface area contributed by atoms with Crippen molar-refractivity contribution in [3.05, 3.63) is 59.7 Å². The van der Waals surface area contributed by atoms with E-state index in [9.17, 15) is 9.90 Å². The van der Waals surface area contributed by atoms with Crippen LogP contribution in [0.3, 0.4) is 0 Å². The molecular formula is C20H23NO3. The van der Waals surface area contributed by atoms with Crippen LogP contribution in [-0.4, -0.2) is 17.1 Å². The lowest BCUT2D eigenvalue weighted by molar-refractivity contribution is -0.121. The van der Waals surface area contributed by atoms with Gasteiger partial charge in [0.05, 0.1) is 6.42 Å². The first-order chi connectivity index (χ1) is 11.7. The molecule has 4 heteroatoms. The van der Waals surface area contributed by atoms with E-state index in [2.05, 4.69) is 5.32 Å². The van der Waals surface area contributed by atoms with Gasteiger partial charge in [-0.15, -0.1) is 0 Å². The van der Waals surface area contributed by atoms with Gasteiger partial charge in [0.1, 0.15) is 18.1 Å². The molecule has 3 rings (SSSR count). The number of ether oxygens (including phenoxy) is 1. The van der Waals surface area contributed by atoms with Crippen LogP contribution in [0.15, 0.2) is 48.5 Å². The fourth-order valence-electron chi connectivity index (χ4n) is 3.10. The predicted molar refractivity (Wildman–Crippen MR) is 93.0 cm³/mol. The number of hydrogen-bond acceptors (Lipinski definition) is 3. The zero-order chi connectivity index (χ0) is 16.8. The van der Waals surface area contributed by atoms with E-state index in [0.717, 1.165) is 18.4 Å². The Balaban J connectivity index is 1.64. The molecule has 1 aliphatic rings. The second kappa shape index (κ2) is 7.86. The Morgan fingerprint density at radius 3 is 2.62 bits per heavy atom. The van der Waals surface area contributed by atoms with E-state index in [1.165, 1.54) is 12.8 Å². The fraction of sp³-hybridized carbons (Fsp3) is 0.350. The molecule has 126 valence electrons. The van der Waals surface area contributed by atoms with Gasteiger partial charge in [-0.2, -0.15) is 0 Å². The zero-order valence-corrected chi connectivity index (χ0v) is 13.7. The van der Waals surface area contributed by atoms with Crippen molar-refractivity contribution < 1.29 is 14.6 Å². The third-order valence-corrected chi connectivity index (χ3v) is 4.35. The van der Waals surface area contributed by atoms with Crippen LogP contribution in [0.25, 0.3) is 0 Å². The summed E-state index contributed by atoms with van der Waals surface area (Å²) in [5.41, 5.74) is 1.77. The quantitative estimate of drug-likeness (QED) is 0.853. The molecule has 4 nitrogen and oxygen atoms in total. The summed E-state index contributed by atoms with van der Waals surface area (Å²) < 4.78 is 5.86. The maximum atomic E-state index is 12.3. The topological polar surface area (TPSA) is 58.6 Å². The van der Waals surface area contributed by atoms with Crippen LogP contribution < -0.4 is 10.1 Å². The molecule has 2 aromatic rings. The molecule has 2 N–H and O–H groups in total. The number of carbonyl (C=O) groups excluding carboxylic acids is 1. The van der Waals surface area contributed by atoms with Gasteiger partial charge in [-0.1, -0.05) is 43.2 Å². The molecule has 1 fully saturated rings. The van der Waals surface area contributed by atoms with Crippen LogP contribution in [0.1, 0.15) is 36.8 Å². The average molecular weight is 325 g/mol.